The van der Waals surface area contributed by atoms with E-state index in [0.717, 1.165) is 11.1 Å². The molecule has 25 heavy (non-hydrogen) atoms. The van der Waals surface area contributed by atoms with Crippen LogP contribution in [0.2, 0.25) is 0 Å². The lowest BCUT2D eigenvalue weighted by Gasteiger charge is -2.25. The highest BCUT2D eigenvalue weighted by Gasteiger charge is 2.45. The van der Waals surface area contributed by atoms with Crippen molar-refractivity contribution in [2.24, 2.45) is 0 Å². The summed E-state index contributed by atoms with van der Waals surface area (Å²) in [7, 11) is 1.76. The van der Waals surface area contributed by atoms with Crippen LogP contribution in [0.5, 0.6) is 0 Å². The van der Waals surface area contributed by atoms with Crippen molar-refractivity contribution in [2.75, 3.05) is 7.05 Å². The number of imide groups is 1. The molecule has 0 aromatic heterocycles. The molecule has 4 nitrogen and oxygen atoms in total. The highest BCUT2D eigenvalue weighted by molar-refractivity contribution is 5.97. The molecule has 130 valence electrons. The minimum atomic E-state index is -0.242. The zero-order chi connectivity index (χ0) is 18.0. The molecule has 1 fully saturated rings. The Labute approximate surface area is 149 Å². The number of carbonyl (C=O) groups excluding carboxylic acids is 2. The van der Waals surface area contributed by atoms with Gasteiger partial charge in [-0.2, -0.15) is 0 Å². The molecular weight excluding hydrogens is 312 g/mol. The van der Waals surface area contributed by atoms with Gasteiger partial charge in [-0.3, -0.25) is 9.69 Å². The van der Waals surface area contributed by atoms with Crippen molar-refractivity contribution in [1.82, 2.24) is 9.80 Å². The van der Waals surface area contributed by atoms with E-state index in [1.807, 2.05) is 74.5 Å². The average molecular weight is 336 g/mol. The van der Waals surface area contributed by atoms with Gasteiger partial charge in [0, 0.05) is 13.5 Å². The predicted octanol–water partition coefficient (Wildman–Crippen LogP) is 4.20. The van der Waals surface area contributed by atoms with Gasteiger partial charge in [0.2, 0.25) is 5.91 Å². The molecule has 1 aliphatic rings. The van der Waals surface area contributed by atoms with Crippen molar-refractivity contribution in [3.63, 3.8) is 0 Å². The molecule has 0 unspecified atom stereocenters. The van der Waals surface area contributed by atoms with E-state index >= 15 is 0 Å². The van der Waals surface area contributed by atoms with Crippen LogP contribution in [0, 0.1) is 0 Å². The van der Waals surface area contributed by atoms with E-state index < -0.39 is 0 Å². The maximum atomic E-state index is 13.0. The number of benzene rings is 2. The summed E-state index contributed by atoms with van der Waals surface area (Å²) in [5.74, 6) is -0.0504. The molecule has 3 amide bonds. The summed E-state index contributed by atoms with van der Waals surface area (Å²) < 4.78 is 0. The topological polar surface area (TPSA) is 40.6 Å². The van der Waals surface area contributed by atoms with E-state index in [2.05, 4.69) is 0 Å². The van der Waals surface area contributed by atoms with Crippen molar-refractivity contribution in [1.29, 1.82) is 0 Å². The van der Waals surface area contributed by atoms with Crippen LogP contribution in [0.25, 0.3) is 0 Å². The molecule has 3 rings (SSSR count). The number of rotatable bonds is 4. The van der Waals surface area contributed by atoms with Crippen LogP contribution in [-0.2, 0) is 4.79 Å². The van der Waals surface area contributed by atoms with Crippen molar-refractivity contribution in [3.05, 3.63) is 71.8 Å². The Balaban J connectivity index is 1.85. The first-order chi connectivity index (χ1) is 12.0. The monoisotopic (exact) mass is 336 g/mol. The SMILES string of the molecule is C[C@@H](CC(=O)N1C(=O)N(C)[C@@H](C)[C@H]1c1ccccc1)c1ccccc1. The first-order valence-electron chi connectivity index (χ1n) is 8.69. The number of nitrogens with zero attached hydrogens (tertiary/aromatic N) is 2. The van der Waals surface area contributed by atoms with Crippen molar-refractivity contribution in [3.8, 4) is 0 Å². The molecule has 3 atom stereocenters. The number of carbonyl (C=O) groups is 2. The molecule has 1 saturated heterocycles. The van der Waals surface area contributed by atoms with Crippen LogP contribution >= 0.6 is 0 Å². The van der Waals surface area contributed by atoms with Gasteiger partial charge in [0.15, 0.2) is 0 Å². The van der Waals surface area contributed by atoms with Gasteiger partial charge < -0.3 is 4.90 Å². The zero-order valence-electron chi connectivity index (χ0n) is 14.9. The average Bonchev–Trinajstić information content (AvgIpc) is 2.87. The molecular formula is C21H24N2O2. The minimum Gasteiger partial charge on any atom is -0.322 e. The number of hydrogen-bond donors (Lipinski definition) is 0. The lowest BCUT2D eigenvalue weighted by molar-refractivity contribution is -0.129. The van der Waals surface area contributed by atoms with Gasteiger partial charge in [-0.1, -0.05) is 67.6 Å². The highest BCUT2D eigenvalue weighted by Crippen LogP contribution is 2.35. The molecule has 4 heteroatoms. The van der Waals surface area contributed by atoms with Crippen molar-refractivity contribution < 1.29 is 9.59 Å². The summed E-state index contributed by atoms with van der Waals surface area (Å²) in [5, 5.41) is 0. The lowest BCUT2D eigenvalue weighted by atomic mass is 9.95. The smallest absolute Gasteiger partial charge is 0.322 e. The molecule has 0 radical (unpaired) electrons. The summed E-state index contributed by atoms with van der Waals surface area (Å²) in [4.78, 5) is 28.8. The molecule has 1 aliphatic heterocycles. The molecule has 2 aromatic rings. The molecule has 2 aromatic carbocycles. The predicted molar refractivity (Wildman–Crippen MR) is 98.1 cm³/mol. The first-order valence-corrected chi connectivity index (χ1v) is 8.69. The Morgan fingerprint density at radius 1 is 1.04 bits per heavy atom. The van der Waals surface area contributed by atoms with Crippen LogP contribution in [-0.4, -0.2) is 34.8 Å². The first kappa shape index (κ1) is 17.2. The fourth-order valence-electron chi connectivity index (χ4n) is 3.49. The molecule has 1 heterocycles. The van der Waals surface area contributed by atoms with Crippen LogP contribution in [0.15, 0.2) is 60.7 Å². The fraction of sp³-hybridized carbons (Fsp3) is 0.333. The Kier molecular flexibility index (Phi) is 4.88. The van der Waals surface area contributed by atoms with Crippen LogP contribution in [0.4, 0.5) is 4.79 Å². The quantitative estimate of drug-likeness (QED) is 0.839. The normalized spacial score (nSPS) is 21.5. The zero-order valence-corrected chi connectivity index (χ0v) is 14.9. The second kappa shape index (κ2) is 7.09. The molecule has 0 N–H and O–H groups in total. The summed E-state index contributed by atoms with van der Waals surface area (Å²) in [5.41, 5.74) is 2.11. The second-order valence-corrected chi connectivity index (χ2v) is 6.77. The minimum absolute atomic E-state index is 0.0501. The molecule has 0 bridgehead atoms. The van der Waals surface area contributed by atoms with E-state index in [-0.39, 0.29) is 29.9 Å². The number of likely N-dealkylation sites (N-methyl/N-ethyl adjacent to an activating group) is 1. The van der Waals surface area contributed by atoms with Crippen molar-refractivity contribution in [2.45, 2.75) is 38.3 Å². The third-order valence-electron chi connectivity index (χ3n) is 5.11. The second-order valence-electron chi connectivity index (χ2n) is 6.77. The van der Waals surface area contributed by atoms with Gasteiger partial charge in [0.25, 0.3) is 0 Å². The summed E-state index contributed by atoms with van der Waals surface area (Å²) in [6, 6.07) is 19.2. The van der Waals surface area contributed by atoms with E-state index in [9.17, 15) is 9.59 Å². The third-order valence-corrected chi connectivity index (χ3v) is 5.11. The van der Waals surface area contributed by atoms with Crippen molar-refractivity contribution >= 4 is 11.9 Å². The van der Waals surface area contributed by atoms with Gasteiger partial charge in [-0.15, -0.1) is 0 Å². The Morgan fingerprint density at radius 3 is 2.20 bits per heavy atom. The van der Waals surface area contributed by atoms with E-state index in [0.29, 0.717) is 6.42 Å². The maximum Gasteiger partial charge on any atom is 0.327 e. The molecule has 0 saturated carbocycles. The maximum absolute atomic E-state index is 13.0. The Bertz CT molecular complexity index is 745. The van der Waals surface area contributed by atoms with Gasteiger partial charge in [0.1, 0.15) is 0 Å². The van der Waals surface area contributed by atoms with Crippen LogP contribution in [0.1, 0.15) is 43.4 Å². The number of urea groups is 1. The van der Waals surface area contributed by atoms with E-state index in [4.69, 9.17) is 0 Å². The lowest BCUT2D eigenvalue weighted by Crippen LogP contribution is -2.36. The fourth-order valence-corrected chi connectivity index (χ4v) is 3.49. The third kappa shape index (κ3) is 3.29. The summed E-state index contributed by atoms with van der Waals surface area (Å²) in [6.07, 6.45) is 0.319. The Morgan fingerprint density at radius 2 is 1.60 bits per heavy atom. The number of hydrogen-bond acceptors (Lipinski definition) is 2. The van der Waals surface area contributed by atoms with Gasteiger partial charge in [-0.25, -0.2) is 4.79 Å². The van der Waals surface area contributed by atoms with Crippen LogP contribution < -0.4 is 0 Å². The van der Waals surface area contributed by atoms with E-state index in [1.54, 1.807) is 11.9 Å². The Hall–Kier alpha value is -2.62. The van der Waals surface area contributed by atoms with Gasteiger partial charge in [0.05, 0.1) is 12.1 Å². The van der Waals surface area contributed by atoms with Crippen LogP contribution in [0.3, 0.4) is 0 Å². The summed E-state index contributed by atoms with van der Waals surface area (Å²) >= 11 is 0. The highest BCUT2D eigenvalue weighted by atomic mass is 16.2. The standard InChI is InChI=1S/C21H24N2O2/c1-15(17-10-6-4-7-11-17)14-19(24)23-20(16(2)22(3)21(23)25)18-12-8-5-9-13-18/h4-13,15-16,20H,14H2,1-3H3/t15-,16-,20-/m0/s1. The van der Waals surface area contributed by atoms with Gasteiger partial charge >= 0.3 is 6.03 Å². The van der Waals surface area contributed by atoms with E-state index in [1.165, 1.54) is 4.90 Å². The summed E-state index contributed by atoms with van der Waals surface area (Å²) in [6.45, 7) is 4.02. The molecule has 0 aliphatic carbocycles. The largest absolute Gasteiger partial charge is 0.327 e. The molecule has 0 spiro atoms. The van der Waals surface area contributed by atoms with Gasteiger partial charge in [-0.05, 0) is 24.0 Å². The number of amides is 3.